The largest absolute Gasteiger partial charge is 0.367 e. The molecule has 1 atom stereocenters. The number of aldehydes is 1. The summed E-state index contributed by atoms with van der Waals surface area (Å²) in [4.78, 5) is 35.4. The second-order valence-electron chi connectivity index (χ2n) is 6.30. The number of imide groups is 1. The summed E-state index contributed by atoms with van der Waals surface area (Å²) >= 11 is 0. The molecule has 128 valence electrons. The predicted octanol–water partition coefficient (Wildman–Crippen LogP) is 1.90. The summed E-state index contributed by atoms with van der Waals surface area (Å²) < 4.78 is 29.0. The topological polar surface area (TPSA) is 66.5 Å². The van der Waals surface area contributed by atoms with Gasteiger partial charge in [0.25, 0.3) is 0 Å². The first-order chi connectivity index (χ1) is 11.5. The molecule has 0 spiro atoms. The molecule has 5 nitrogen and oxygen atoms in total. The van der Waals surface area contributed by atoms with Crippen molar-refractivity contribution in [3.8, 4) is 0 Å². The van der Waals surface area contributed by atoms with Crippen LogP contribution in [0.3, 0.4) is 0 Å². The van der Waals surface area contributed by atoms with Crippen LogP contribution in [0.1, 0.15) is 37.2 Å². The van der Waals surface area contributed by atoms with Crippen LogP contribution in [0.2, 0.25) is 0 Å². The van der Waals surface area contributed by atoms with Gasteiger partial charge in [-0.05, 0) is 37.0 Å². The van der Waals surface area contributed by atoms with E-state index in [1.807, 2.05) is 0 Å². The number of nitrogens with one attached hydrogen (secondary N) is 1. The van der Waals surface area contributed by atoms with Gasteiger partial charge in [-0.25, -0.2) is 8.78 Å². The molecule has 0 bridgehead atoms. The maximum absolute atomic E-state index is 14.5. The fraction of sp³-hybridized carbons (Fsp3) is 0.471. The molecular formula is C17H18F2N2O3. The third-order valence-corrected chi connectivity index (χ3v) is 4.73. The summed E-state index contributed by atoms with van der Waals surface area (Å²) in [5.41, 5.74) is 0.122. The number of hydrogen-bond donors (Lipinski definition) is 1. The van der Waals surface area contributed by atoms with Crippen molar-refractivity contribution in [2.45, 2.75) is 31.6 Å². The van der Waals surface area contributed by atoms with Crippen LogP contribution >= 0.6 is 0 Å². The molecule has 7 heteroatoms. The Morgan fingerprint density at radius 2 is 1.71 bits per heavy atom. The normalized spacial score (nSPS) is 22.4. The van der Waals surface area contributed by atoms with E-state index in [4.69, 9.17) is 0 Å². The van der Waals surface area contributed by atoms with Crippen molar-refractivity contribution >= 4 is 23.8 Å². The Morgan fingerprint density at radius 1 is 1.08 bits per heavy atom. The molecule has 2 heterocycles. The molecule has 2 saturated heterocycles. The second-order valence-corrected chi connectivity index (χ2v) is 6.30. The summed E-state index contributed by atoms with van der Waals surface area (Å²) in [6.07, 6.45) is 2.42. The lowest BCUT2D eigenvalue weighted by atomic mass is 9.90. The zero-order valence-corrected chi connectivity index (χ0v) is 13.1. The smallest absolute Gasteiger partial charge is 0.234 e. The molecule has 0 saturated carbocycles. The van der Waals surface area contributed by atoms with Gasteiger partial charge in [0.1, 0.15) is 23.6 Å². The Morgan fingerprint density at radius 3 is 2.25 bits per heavy atom. The highest BCUT2D eigenvalue weighted by Gasteiger charge is 2.30. The molecule has 2 aliphatic heterocycles. The zero-order valence-electron chi connectivity index (χ0n) is 13.1. The van der Waals surface area contributed by atoms with Gasteiger partial charge in [-0.15, -0.1) is 0 Å². The first kappa shape index (κ1) is 16.5. The predicted molar refractivity (Wildman–Crippen MR) is 82.5 cm³/mol. The highest BCUT2D eigenvalue weighted by molar-refractivity contribution is 6.00. The van der Waals surface area contributed by atoms with Gasteiger partial charge < -0.3 is 9.69 Å². The number of carbonyl (C=O) groups is 3. The minimum Gasteiger partial charge on any atom is -0.367 e. The number of piperidine rings is 2. The summed E-state index contributed by atoms with van der Waals surface area (Å²) in [6.45, 7) is 0.823. The van der Waals surface area contributed by atoms with E-state index in [1.54, 1.807) is 4.90 Å². The van der Waals surface area contributed by atoms with E-state index in [-0.39, 0.29) is 35.9 Å². The average molecular weight is 336 g/mol. The number of carbonyl (C=O) groups excluding carboxylic acids is 3. The summed E-state index contributed by atoms with van der Waals surface area (Å²) in [5, 5.41) is 2.19. The number of hydrogen-bond acceptors (Lipinski definition) is 4. The quantitative estimate of drug-likeness (QED) is 0.676. The first-order valence-corrected chi connectivity index (χ1v) is 8.02. The molecule has 2 aliphatic rings. The van der Waals surface area contributed by atoms with Crippen molar-refractivity contribution in [3.63, 3.8) is 0 Å². The van der Waals surface area contributed by atoms with Gasteiger partial charge in [-0.2, -0.15) is 0 Å². The molecular weight excluding hydrogens is 318 g/mol. The van der Waals surface area contributed by atoms with Gasteiger partial charge >= 0.3 is 0 Å². The molecule has 2 amide bonds. The third-order valence-electron chi connectivity index (χ3n) is 4.73. The Labute approximate surface area is 138 Å². The fourth-order valence-corrected chi connectivity index (χ4v) is 3.36. The van der Waals surface area contributed by atoms with E-state index in [9.17, 15) is 23.2 Å². The van der Waals surface area contributed by atoms with Crippen molar-refractivity contribution in [2.75, 3.05) is 18.0 Å². The molecule has 1 N–H and O–H groups in total. The highest BCUT2D eigenvalue weighted by Crippen LogP contribution is 2.33. The van der Waals surface area contributed by atoms with E-state index < -0.39 is 23.5 Å². The van der Waals surface area contributed by atoms with Crippen molar-refractivity contribution in [3.05, 3.63) is 29.3 Å². The van der Waals surface area contributed by atoms with Gasteiger partial charge in [-0.1, -0.05) is 0 Å². The second kappa shape index (κ2) is 6.67. The maximum Gasteiger partial charge on any atom is 0.234 e. The number of anilines is 1. The van der Waals surface area contributed by atoms with E-state index >= 15 is 0 Å². The van der Waals surface area contributed by atoms with Gasteiger partial charge in [0.15, 0.2) is 0 Å². The molecule has 0 aromatic heterocycles. The van der Waals surface area contributed by atoms with Crippen LogP contribution in [-0.2, 0) is 14.4 Å². The fourth-order valence-electron chi connectivity index (χ4n) is 3.36. The van der Waals surface area contributed by atoms with Gasteiger partial charge in [0.2, 0.25) is 11.8 Å². The van der Waals surface area contributed by atoms with E-state index in [0.717, 1.165) is 6.29 Å². The minimum atomic E-state index is -0.723. The van der Waals surface area contributed by atoms with E-state index in [1.165, 1.54) is 12.1 Å². The number of halogens is 2. The molecule has 24 heavy (non-hydrogen) atoms. The number of rotatable bonds is 3. The van der Waals surface area contributed by atoms with Crippen molar-refractivity contribution in [1.29, 1.82) is 0 Å². The number of benzene rings is 1. The Balaban J connectivity index is 1.83. The lowest BCUT2D eigenvalue weighted by Crippen LogP contribution is -2.39. The van der Waals surface area contributed by atoms with Crippen molar-refractivity contribution in [2.24, 2.45) is 5.92 Å². The molecule has 1 unspecified atom stereocenters. The lowest BCUT2D eigenvalue weighted by Gasteiger charge is -2.32. The van der Waals surface area contributed by atoms with Gasteiger partial charge in [-0.3, -0.25) is 14.9 Å². The van der Waals surface area contributed by atoms with Crippen LogP contribution in [0.5, 0.6) is 0 Å². The van der Waals surface area contributed by atoms with Crippen LogP contribution < -0.4 is 10.2 Å². The Kier molecular flexibility index (Phi) is 4.59. The average Bonchev–Trinajstić information content (AvgIpc) is 2.54. The van der Waals surface area contributed by atoms with Crippen LogP contribution in [0.15, 0.2) is 12.1 Å². The summed E-state index contributed by atoms with van der Waals surface area (Å²) in [6, 6.07) is 2.34. The van der Waals surface area contributed by atoms with E-state index in [0.29, 0.717) is 25.9 Å². The zero-order chi connectivity index (χ0) is 17.3. The Bertz CT molecular complexity index is 661. The van der Waals surface area contributed by atoms with Crippen LogP contribution in [0.25, 0.3) is 0 Å². The molecule has 0 radical (unpaired) electrons. The molecule has 1 aromatic rings. The summed E-state index contributed by atoms with van der Waals surface area (Å²) in [5.74, 6) is -3.12. The van der Waals surface area contributed by atoms with Crippen LogP contribution in [0, 0.1) is 17.6 Å². The maximum atomic E-state index is 14.5. The monoisotopic (exact) mass is 336 g/mol. The molecule has 2 fully saturated rings. The van der Waals surface area contributed by atoms with Gasteiger partial charge in [0, 0.05) is 25.4 Å². The Hall–Kier alpha value is -2.31. The standard InChI is InChI=1S/C17H18F2N2O3/c18-13-7-11(12-1-2-15(23)20-17(12)24)8-14(19)16(13)21-5-3-10(9-22)4-6-21/h7-10,12H,1-6H2,(H,20,23,24). The number of nitrogens with zero attached hydrogens (tertiary/aromatic N) is 1. The first-order valence-electron chi connectivity index (χ1n) is 8.02. The molecule has 0 aliphatic carbocycles. The molecule has 3 rings (SSSR count). The summed E-state index contributed by atoms with van der Waals surface area (Å²) in [7, 11) is 0. The SMILES string of the molecule is O=CC1CCN(c2c(F)cc(C3CCC(=O)NC3=O)cc2F)CC1. The van der Waals surface area contributed by atoms with Crippen LogP contribution in [0.4, 0.5) is 14.5 Å². The highest BCUT2D eigenvalue weighted by atomic mass is 19.1. The van der Waals surface area contributed by atoms with Crippen molar-refractivity contribution < 1.29 is 23.2 Å². The van der Waals surface area contributed by atoms with Gasteiger partial charge in [0.05, 0.1) is 5.92 Å². The van der Waals surface area contributed by atoms with Crippen molar-refractivity contribution in [1.82, 2.24) is 5.32 Å². The van der Waals surface area contributed by atoms with E-state index in [2.05, 4.69) is 5.32 Å². The molecule has 1 aromatic carbocycles. The third kappa shape index (κ3) is 3.16. The lowest BCUT2D eigenvalue weighted by molar-refractivity contribution is -0.134. The van der Waals surface area contributed by atoms with Crippen LogP contribution in [-0.4, -0.2) is 31.2 Å². The number of amides is 2. The minimum absolute atomic E-state index is 0.0601.